The van der Waals surface area contributed by atoms with Gasteiger partial charge in [-0.1, -0.05) is 12.1 Å². The topological polar surface area (TPSA) is 143 Å². The maximum Gasteiger partial charge on any atom is 0.407 e. The summed E-state index contributed by atoms with van der Waals surface area (Å²) in [5.41, 5.74) is 5.11. The van der Waals surface area contributed by atoms with Crippen molar-refractivity contribution in [2.75, 3.05) is 7.11 Å². The van der Waals surface area contributed by atoms with Gasteiger partial charge < -0.3 is 25.1 Å². The van der Waals surface area contributed by atoms with Gasteiger partial charge in [-0.3, -0.25) is 14.4 Å². The fourth-order valence-corrected chi connectivity index (χ4v) is 5.27. The Bertz CT molecular complexity index is 1790. The molecule has 0 saturated carbocycles. The van der Waals surface area contributed by atoms with Gasteiger partial charge in [-0.25, -0.2) is 22.9 Å². The van der Waals surface area contributed by atoms with Crippen LogP contribution in [-0.4, -0.2) is 40.5 Å². The van der Waals surface area contributed by atoms with Crippen molar-refractivity contribution in [3.8, 4) is 5.75 Å². The first-order valence-electron chi connectivity index (χ1n) is 13.2. The molecule has 0 radical (unpaired) electrons. The number of nitrogens with one attached hydrogen (secondary N) is 1. The molecule has 0 aliphatic heterocycles. The van der Waals surface area contributed by atoms with E-state index >= 15 is 0 Å². The lowest BCUT2D eigenvalue weighted by atomic mass is 10.0. The van der Waals surface area contributed by atoms with Gasteiger partial charge in [-0.15, -0.1) is 11.3 Å². The standard InChI is InChI=1S/C30H27F3N4O6S/c1-42-30(41)36-22(6-2-3-7-26(34)39)24(38)11-17-5-4-10-37(29(17)40)15-27-35-23-13-20(32)14-25(28(23)44-27)43-16-18-8-9-19(31)12-21(18)33/h3-5,7-10,12-14,22H,2,6,11,15-16H2,1H3,(H2,34,39)(H,36,41)/b7-3+/t22-/m0/s1. The summed E-state index contributed by atoms with van der Waals surface area (Å²) in [6.07, 6.45) is 3.40. The van der Waals surface area contributed by atoms with Crippen molar-refractivity contribution in [1.29, 1.82) is 0 Å². The summed E-state index contributed by atoms with van der Waals surface area (Å²) in [6.45, 7) is -0.281. The quantitative estimate of drug-likeness (QED) is 0.212. The van der Waals surface area contributed by atoms with Crippen molar-refractivity contribution in [3.63, 3.8) is 0 Å². The number of fused-ring (bicyclic) bond motifs is 1. The number of ether oxygens (including phenoxy) is 2. The summed E-state index contributed by atoms with van der Waals surface area (Å²) in [5.74, 6) is -3.17. The highest BCUT2D eigenvalue weighted by atomic mass is 32.1. The van der Waals surface area contributed by atoms with Crippen molar-refractivity contribution >= 4 is 39.3 Å². The number of methoxy groups -OCH3 is 1. The van der Waals surface area contributed by atoms with E-state index in [1.54, 1.807) is 6.07 Å². The van der Waals surface area contributed by atoms with E-state index in [0.29, 0.717) is 9.71 Å². The molecule has 2 aromatic heterocycles. The monoisotopic (exact) mass is 628 g/mol. The Morgan fingerprint density at radius 2 is 1.91 bits per heavy atom. The highest BCUT2D eigenvalue weighted by Gasteiger charge is 2.22. The molecule has 3 N–H and O–H groups in total. The number of rotatable bonds is 13. The molecule has 10 nitrogen and oxygen atoms in total. The fourth-order valence-electron chi connectivity index (χ4n) is 4.26. The summed E-state index contributed by atoms with van der Waals surface area (Å²) < 4.78 is 53.7. The van der Waals surface area contributed by atoms with E-state index in [9.17, 15) is 32.3 Å². The molecule has 230 valence electrons. The van der Waals surface area contributed by atoms with Crippen LogP contribution in [0.1, 0.15) is 29.0 Å². The number of benzene rings is 2. The van der Waals surface area contributed by atoms with Gasteiger partial charge in [-0.05, 0) is 37.1 Å². The number of thiazole rings is 1. The number of amides is 2. The number of nitrogens with two attached hydrogens (primary N) is 1. The van der Waals surface area contributed by atoms with Gasteiger partial charge in [-0.2, -0.15) is 0 Å². The first kappa shape index (κ1) is 31.9. The second-order valence-corrected chi connectivity index (χ2v) is 10.6. The molecule has 0 bridgehead atoms. The predicted octanol–water partition coefficient (Wildman–Crippen LogP) is 4.16. The lowest BCUT2D eigenvalue weighted by molar-refractivity contribution is -0.120. The minimum absolute atomic E-state index is 0.00435. The summed E-state index contributed by atoms with van der Waals surface area (Å²) in [6, 6.07) is 7.47. The van der Waals surface area contributed by atoms with Gasteiger partial charge in [0.15, 0.2) is 5.78 Å². The van der Waals surface area contributed by atoms with Crippen LogP contribution in [0.3, 0.4) is 0 Å². The average Bonchev–Trinajstić information content (AvgIpc) is 3.38. The van der Waals surface area contributed by atoms with E-state index in [4.69, 9.17) is 10.5 Å². The zero-order valence-corrected chi connectivity index (χ0v) is 24.2. The number of pyridine rings is 1. The van der Waals surface area contributed by atoms with Crippen LogP contribution < -0.4 is 21.3 Å². The molecule has 0 aliphatic carbocycles. The Kier molecular flexibility index (Phi) is 10.5. The molecular formula is C30H27F3N4O6S. The zero-order valence-electron chi connectivity index (χ0n) is 23.3. The summed E-state index contributed by atoms with van der Waals surface area (Å²) in [7, 11) is 1.15. The second kappa shape index (κ2) is 14.5. The maximum atomic E-state index is 14.3. The van der Waals surface area contributed by atoms with E-state index in [1.807, 2.05) is 0 Å². The normalized spacial score (nSPS) is 11.9. The molecule has 2 amide bonds. The first-order chi connectivity index (χ1) is 21.0. The fraction of sp³-hybridized carbons (Fsp3) is 0.233. The zero-order chi connectivity index (χ0) is 31.8. The minimum atomic E-state index is -0.992. The van der Waals surface area contributed by atoms with Crippen LogP contribution in [0.2, 0.25) is 0 Å². The van der Waals surface area contributed by atoms with E-state index < -0.39 is 46.8 Å². The van der Waals surface area contributed by atoms with Crippen LogP contribution in [0, 0.1) is 17.5 Å². The van der Waals surface area contributed by atoms with Gasteiger partial charge in [0.25, 0.3) is 5.56 Å². The van der Waals surface area contributed by atoms with Crippen LogP contribution in [-0.2, 0) is 33.9 Å². The molecule has 2 heterocycles. The van der Waals surface area contributed by atoms with Gasteiger partial charge in [0.1, 0.15) is 34.8 Å². The lowest BCUT2D eigenvalue weighted by Crippen LogP contribution is -2.42. The smallest absolute Gasteiger partial charge is 0.407 e. The number of halogens is 3. The number of alkyl carbamates (subject to hydrolysis) is 1. The third kappa shape index (κ3) is 8.31. The number of Topliss-reactive ketones (excluding diaryl/α,β-unsaturated/α-hetero) is 1. The van der Waals surface area contributed by atoms with Gasteiger partial charge in [0.2, 0.25) is 5.91 Å². The molecule has 0 saturated heterocycles. The molecule has 14 heteroatoms. The molecule has 0 unspecified atom stereocenters. The SMILES string of the molecule is COC(=O)N[C@@H](CC/C=C/C(N)=O)C(=O)Cc1cccn(Cc2nc3cc(F)cc(OCc4ccc(F)cc4F)c3s2)c1=O. The van der Waals surface area contributed by atoms with Gasteiger partial charge >= 0.3 is 6.09 Å². The van der Waals surface area contributed by atoms with Crippen molar-refractivity contribution in [2.24, 2.45) is 5.73 Å². The number of carbonyl (C=O) groups is 3. The molecule has 44 heavy (non-hydrogen) atoms. The van der Waals surface area contributed by atoms with Crippen molar-refractivity contribution in [3.05, 3.63) is 105 Å². The van der Waals surface area contributed by atoms with Crippen LogP contribution in [0.25, 0.3) is 10.2 Å². The Hall–Kier alpha value is -4.98. The number of nitrogens with zero attached hydrogens (tertiary/aromatic N) is 2. The summed E-state index contributed by atoms with van der Waals surface area (Å²) in [4.78, 5) is 53.5. The molecule has 1 atom stereocenters. The van der Waals surface area contributed by atoms with E-state index in [1.165, 1.54) is 35.0 Å². The minimum Gasteiger partial charge on any atom is -0.487 e. The van der Waals surface area contributed by atoms with Crippen LogP contribution in [0.15, 0.2) is 65.6 Å². The Balaban J connectivity index is 1.51. The highest BCUT2D eigenvalue weighted by molar-refractivity contribution is 7.19. The van der Waals surface area contributed by atoms with Gasteiger partial charge in [0, 0.05) is 41.9 Å². The van der Waals surface area contributed by atoms with Crippen molar-refractivity contribution < 1.29 is 37.0 Å². The third-order valence-corrected chi connectivity index (χ3v) is 7.47. The molecule has 4 aromatic rings. The van der Waals surface area contributed by atoms with E-state index in [-0.39, 0.29) is 54.8 Å². The highest BCUT2D eigenvalue weighted by Crippen LogP contribution is 2.33. The van der Waals surface area contributed by atoms with Crippen LogP contribution in [0.5, 0.6) is 5.75 Å². The number of primary amides is 1. The number of allylic oxidation sites excluding steroid dienone is 1. The number of carbonyl (C=O) groups excluding carboxylic acids is 3. The molecule has 4 rings (SSSR count). The Labute approximate surface area is 252 Å². The van der Waals surface area contributed by atoms with E-state index in [0.717, 1.165) is 42.7 Å². The van der Waals surface area contributed by atoms with E-state index in [2.05, 4.69) is 15.0 Å². The number of hydrogen-bond donors (Lipinski definition) is 2. The number of hydrogen-bond acceptors (Lipinski definition) is 8. The van der Waals surface area contributed by atoms with Crippen LogP contribution in [0.4, 0.5) is 18.0 Å². The maximum absolute atomic E-state index is 14.3. The Morgan fingerprint density at radius 1 is 1.11 bits per heavy atom. The van der Waals surface area contributed by atoms with Crippen molar-refractivity contribution in [1.82, 2.24) is 14.9 Å². The van der Waals surface area contributed by atoms with Crippen LogP contribution >= 0.6 is 11.3 Å². The first-order valence-corrected chi connectivity index (χ1v) is 14.0. The Morgan fingerprint density at radius 3 is 2.64 bits per heavy atom. The molecule has 0 fully saturated rings. The predicted molar refractivity (Wildman–Crippen MR) is 156 cm³/mol. The lowest BCUT2D eigenvalue weighted by Gasteiger charge is -2.16. The molecule has 0 aliphatic rings. The second-order valence-electron chi connectivity index (χ2n) is 9.56. The molecular weight excluding hydrogens is 601 g/mol. The third-order valence-electron chi connectivity index (χ3n) is 6.40. The number of aromatic nitrogens is 2. The number of ketones is 1. The summed E-state index contributed by atoms with van der Waals surface area (Å²) in [5, 5.41) is 2.87. The largest absolute Gasteiger partial charge is 0.487 e. The molecule has 0 spiro atoms. The van der Waals surface area contributed by atoms with Crippen molar-refractivity contribution in [2.45, 2.75) is 38.5 Å². The average molecular weight is 629 g/mol. The molecule has 2 aromatic carbocycles. The van der Waals surface area contributed by atoms with Gasteiger partial charge in [0.05, 0.1) is 29.9 Å². The summed E-state index contributed by atoms with van der Waals surface area (Å²) >= 11 is 1.14.